The fourth-order valence-corrected chi connectivity index (χ4v) is 4.63. The normalized spacial score (nSPS) is 19.6. The molecule has 4 heteroatoms. The Morgan fingerprint density at radius 3 is 2.81 bits per heavy atom. The van der Waals surface area contributed by atoms with Crippen molar-refractivity contribution in [3.05, 3.63) is 21.4 Å². The third kappa shape index (κ3) is 3.67. The van der Waals surface area contributed by atoms with Crippen molar-refractivity contribution < 1.29 is 4.79 Å². The first kappa shape index (κ1) is 15.0. The van der Waals surface area contributed by atoms with Crippen molar-refractivity contribution in [2.45, 2.75) is 57.9 Å². The maximum absolute atomic E-state index is 12.0. The maximum Gasteiger partial charge on any atom is 0.223 e. The molecule has 1 atom stereocenters. The molecule has 1 unspecified atom stereocenters. The lowest BCUT2D eigenvalue weighted by Crippen LogP contribution is -2.31. The van der Waals surface area contributed by atoms with Gasteiger partial charge in [-0.25, -0.2) is 0 Å². The standard InChI is InChI=1S/C17H26N2OS/c1-13(16-12-14-6-2-3-7-15(14)21-16)18-9-8-17(20)19-10-4-5-11-19/h12-13,18H,2-11H2,1H3. The van der Waals surface area contributed by atoms with Gasteiger partial charge in [0, 0.05) is 41.9 Å². The van der Waals surface area contributed by atoms with Crippen molar-refractivity contribution in [1.29, 1.82) is 0 Å². The predicted molar refractivity (Wildman–Crippen MR) is 87.8 cm³/mol. The molecule has 3 nitrogen and oxygen atoms in total. The summed E-state index contributed by atoms with van der Waals surface area (Å²) < 4.78 is 0. The van der Waals surface area contributed by atoms with Crippen LogP contribution < -0.4 is 5.32 Å². The zero-order valence-corrected chi connectivity index (χ0v) is 13.8. The number of rotatable bonds is 5. The van der Waals surface area contributed by atoms with E-state index in [0.29, 0.717) is 18.4 Å². The van der Waals surface area contributed by atoms with Crippen LogP contribution >= 0.6 is 11.3 Å². The van der Waals surface area contributed by atoms with E-state index in [1.165, 1.54) is 43.4 Å². The van der Waals surface area contributed by atoms with Gasteiger partial charge in [0.1, 0.15) is 0 Å². The summed E-state index contributed by atoms with van der Waals surface area (Å²) in [7, 11) is 0. The van der Waals surface area contributed by atoms with E-state index in [0.717, 1.165) is 19.6 Å². The number of amides is 1. The number of fused-ring (bicyclic) bond motifs is 1. The number of carbonyl (C=O) groups excluding carboxylic acids is 1. The number of hydrogen-bond donors (Lipinski definition) is 1. The second-order valence-corrected chi connectivity index (χ2v) is 7.49. The quantitative estimate of drug-likeness (QED) is 0.905. The highest BCUT2D eigenvalue weighted by atomic mass is 32.1. The average Bonchev–Trinajstić information content (AvgIpc) is 3.16. The minimum absolute atomic E-state index is 0.317. The lowest BCUT2D eigenvalue weighted by molar-refractivity contribution is -0.130. The number of nitrogens with zero attached hydrogens (tertiary/aromatic N) is 1. The van der Waals surface area contributed by atoms with Crippen LogP contribution in [-0.2, 0) is 17.6 Å². The molecule has 0 bridgehead atoms. The van der Waals surface area contributed by atoms with E-state index in [1.54, 1.807) is 10.4 Å². The summed E-state index contributed by atoms with van der Waals surface area (Å²) in [6.45, 7) is 4.94. The Labute approximate surface area is 131 Å². The van der Waals surface area contributed by atoms with Gasteiger partial charge in [-0.3, -0.25) is 4.79 Å². The summed E-state index contributed by atoms with van der Waals surface area (Å²) in [6, 6.07) is 2.76. The number of hydrogen-bond acceptors (Lipinski definition) is 3. The molecule has 116 valence electrons. The third-order valence-electron chi connectivity index (χ3n) is 4.69. The molecule has 1 aromatic rings. The van der Waals surface area contributed by atoms with E-state index in [-0.39, 0.29) is 0 Å². The van der Waals surface area contributed by atoms with Gasteiger partial charge in [0.2, 0.25) is 5.91 Å². The molecule has 0 radical (unpaired) electrons. The van der Waals surface area contributed by atoms with E-state index < -0.39 is 0 Å². The van der Waals surface area contributed by atoms with Gasteiger partial charge in [0.05, 0.1) is 0 Å². The highest BCUT2D eigenvalue weighted by molar-refractivity contribution is 7.12. The summed E-state index contributed by atoms with van der Waals surface area (Å²) in [5.74, 6) is 0.317. The molecule has 3 rings (SSSR count). The Hall–Kier alpha value is -0.870. The van der Waals surface area contributed by atoms with Crippen molar-refractivity contribution >= 4 is 17.2 Å². The van der Waals surface area contributed by atoms with E-state index in [9.17, 15) is 4.79 Å². The Morgan fingerprint density at radius 2 is 2.05 bits per heavy atom. The fraction of sp³-hybridized carbons (Fsp3) is 0.706. The van der Waals surface area contributed by atoms with Crippen LogP contribution in [0.3, 0.4) is 0 Å². The molecular formula is C17H26N2OS. The van der Waals surface area contributed by atoms with Crippen LogP contribution in [-0.4, -0.2) is 30.4 Å². The zero-order chi connectivity index (χ0) is 14.7. The van der Waals surface area contributed by atoms with E-state index in [2.05, 4.69) is 18.3 Å². The van der Waals surface area contributed by atoms with Crippen LogP contribution in [0.2, 0.25) is 0 Å². The lowest BCUT2D eigenvalue weighted by Gasteiger charge is -2.16. The molecule has 1 aliphatic heterocycles. The molecule has 1 amide bonds. The smallest absolute Gasteiger partial charge is 0.223 e. The second kappa shape index (κ2) is 6.93. The molecule has 2 aliphatic rings. The average molecular weight is 306 g/mol. The number of likely N-dealkylation sites (tertiary alicyclic amines) is 1. The van der Waals surface area contributed by atoms with Crippen LogP contribution in [0.15, 0.2) is 6.07 Å². The van der Waals surface area contributed by atoms with Crippen LogP contribution in [0.5, 0.6) is 0 Å². The minimum atomic E-state index is 0.317. The van der Waals surface area contributed by atoms with Gasteiger partial charge in [-0.2, -0.15) is 0 Å². The lowest BCUT2D eigenvalue weighted by atomic mass is 9.99. The maximum atomic E-state index is 12.0. The molecule has 1 saturated heterocycles. The highest BCUT2D eigenvalue weighted by Gasteiger charge is 2.19. The van der Waals surface area contributed by atoms with Gasteiger partial charge < -0.3 is 10.2 Å². The van der Waals surface area contributed by atoms with Gasteiger partial charge in [-0.15, -0.1) is 11.3 Å². The number of thiophene rings is 1. The fourth-order valence-electron chi connectivity index (χ4n) is 3.35. The molecule has 1 aromatic heterocycles. The van der Waals surface area contributed by atoms with E-state index >= 15 is 0 Å². The Balaban J connectivity index is 1.46. The van der Waals surface area contributed by atoms with Gasteiger partial charge in [-0.1, -0.05) is 0 Å². The second-order valence-electron chi connectivity index (χ2n) is 6.32. The van der Waals surface area contributed by atoms with E-state index in [1.807, 2.05) is 16.2 Å². The van der Waals surface area contributed by atoms with Gasteiger partial charge in [-0.05, 0) is 57.1 Å². The Morgan fingerprint density at radius 1 is 1.29 bits per heavy atom. The molecular weight excluding hydrogens is 280 g/mol. The van der Waals surface area contributed by atoms with Crippen molar-refractivity contribution in [1.82, 2.24) is 10.2 Å². The highest BCUT2D eigenvalue weighted by Crippen LogP contribution is 2.32. The predicted octanol–water partition coefficient (Wildman–Crippen LogP) is 3.29. The topological polar surface area (TPSA) is 32.3 Å². The number of carbonyl (C=O) groups is 1. The first-order valence-electron chi connectivity index (χ1n) is 8.36. The van der Waals surface area contributed by atoms with Crippen LogP contribution in [0, 0.1) is 0 Å². The Bertz CT molecular complexity index is 467. The van der Waals surface area contributed by atoms with Crippen molar-refractivity contribution in [3.63, 3.8) is 0 Å². The third-order valence-corrected chi connectivity index (χ3v) is 6.11. The summed E-state index contributed by atoms with van der Waals surface area (Å²) in [5.41, 5.74) is 1.57. The monoisotopic (exact) mass is 306 g/mol. The molecule has 21 heavy (non-hydrogen) atoms. The molecule has 0 aromatic carbocycles. The number of aryl methyl sites for hydroxylation is 2. The largest absolute Gasteiger partial charge is 0.343 e. The molecule has 0 spiro atoms. The summed E-state index contributed by atoms with van der Waals surface area (Å²) in [5, 5.41) is 3.53. The molecule has 1 fully saturated rings. The summed E-state index contributed by atoms with van der Waals surface area (Å²) in [4.78, 5) is 17.1. The van der Waals surface area contributed by atoms with Crippen molar-refractivity contribution in [2.24, 2.45) is 0 Å². The van der Waals surface area contributed by atoms with E-state index in [4.69, 9.17) is 0 Å². The van der Waals surface area contributed by atoms with Crippen LogP contribution in [0.4, 0.5) is 0 Å². The first-order valence-corrected chi connectivity index (χ1v) is 9.18. The SMILES string of the molecule is CC(NCCC(=O)N1CCCC1)c1cc2c(s1)CCCC2. The van der Waals surface area contributed by atoms with Gasteiger partial charge in [0.25, 0.3) is 0 Å². The Kier molecular flexibility index (Phi) is 4.96. The van der Waals surface area contributed by atoms with Gasteiger partial charge >= 0.3 is 0 Å². The zero-order valence-electron chi connectivity index (χ0n) is 13.0. The summed E-state index contributed by atoms with van der Waals surface area (Å²) >= 11 is 1.97. The molecule has 1 aliphatic carbocycles. The summed E-state index contributed by atoms with van der Waals surface area (Å²) in [6.07, 6.45) is 8.20. The molecule has 0 saturated carbocycles. The van der Waals surface area contributed by atoms with Gasteiger partial charge in [0.15, 0.2) is 0 Å². The van der Waals surface area contributed by atoms with Crippen LogP contribution in [0.1, 0.15) is 60.4 Å². The van der Waals surface area contributed by atoms with Crippen molar-refractivity contribution in [2.75, 3.05) is 19.6 Å². The first-order chi connectivity index (χ1) is 10.2. The molecule has 2 heterocycles. The van der Waals surface area contributed by atoms with Crippen molar-refractivity contribution in [3.8, 4) is 0 Å². The number of nitrogens with one attached hydrogen (secondary N) is 1. The molecule has 1 N–H and O–H groups in total. The minimum Gasteiger partial charge on any atom is -0.343 e. The van der Waals surface area contributed by atoms with Crippen LogP contribution in [0.25, 0.3) is 0 Å².